The van der Waals surface area contributed by atoms with E-state index in [4.69, 9.17) is 0 Å². The second-order valence-electron chi connectivity index (χ2n) is 7.87. The molecular formula is C24H26BrN3O2. The van der Waals surface area contributed by atoms with Gasteiger partial charge in [0.1, 0.15) is 0 Å². The minimum absolute atomic E-state index is 0.0412. The fourth-order valence-corrected chi connectivity index (χ4v) is 4.68. The summed E-state index contributed by atoms with van der Waals surface area (Å²) in [5, 5.41) is 3.93. The molecule has 1 aliphatic heterocycles. The molecule has 2 heterocycles. The van der Waals surface area contributed by atoms with Crippen LogP contribution in [0.1, 0.15) is 24.8 Å². The fraction of sp³-hybridized carbons (Fsp3) is 0.333. The van der Waals surface area contributed by atoms with Gasteiger partial charge in [-0.2, -0.15) is 0 Å². The number of aromatic nitrogens is 1. The molecule has 0 atom stereocenters. The van der Waals surface area contributed by atoms with Gasteiger partial charge in [-0.1, -0.05) is 36.4 Å². The molecule has 0 spiro atoms. The molecule has 0 saturated carbocycles. The van der Waals surface area contributed by atoms with E-state index in [1.807, 2.05) is 42.6 Å². The van der Waals surface area contributed by atoms with Crippen molar-refractivity contribution >= 4 is 32.7 Å². The van der Waals surface area contributed by atoms with E-state index in [0.29, 0.717) is 6.42 Å². The number of likely N-dealkylation sites (tertiary alicyclic amines) is 1. The summed E-state index contributed by atoms with van der Waals surface area (Å²) in [7, 11) is 0. The Balaban J connectivity index is 1.30. The summed E-state index contributed by atoms with van der Waals surface area (Å²) >= 11 is 3.59. The topological polar surface area (TPSA) is 54.3 Å². The summed E-state index contributed by atoms with van der Waals surface area (Å²) in [6.45, 7) is 2.57. The molecule has 1 fully saturated rings. The number of piperidine rings is 1. The first-order chi connectivity index (χ1) is 14.6. The first-order valence-corrected chi connectivity index (χ1v) is 11.2. The second kappa shape index (κ2) is 9.58. The Morgan fingerprint density at radius 1 is 1.03 bits per heavy atom. The molecule has 0 radical (unpaired) electrons. The van der Waals surface area contributed by atoms with Gasteiger partial charge in [-0.05, 0) is 52.9 Å². The summed E-state index contributed by atoms with van der Waals surface area (Å²) in [6, 6.07) is 17.7. The smallest absolute Gasteiger partial charge is 0.220 e. The van der Waals surface area contributed by atoms with E-state index in [1.165, 1.54) is 5.56 Å². The number of aryl methyl sites for hydroxylation is 1. The van der Waals surface area contributed by atoms with Gasteiger partial charge in [0, 0.05) is 47.7 Å². The van der Waals surface area contributed by atoms with Crippen LogP contribution in [0.4, 0.5) is 0 Å². The number of benzene rings is 2. The van der Waals surface area contributed by atoms with Crippen LogP contribution in [0.25, 0.3) is 10.9 Å². The molecular weight excluding hydrogens is 442 g/mol. The number of carbonyl (C=O) groups excluding carboxylic acids is 1. The Labute approximate surface area is 184 Å². The molecule has 0 aliphatic carbocycles. The molecule has 156 valence electrons. The highest BCUT2D eigenvalue weighted by Crippen LogP contribution is 2.22. The van der Waals surface area contributed by atoms with Crippen LogP contribution in [0.2, 0.25) is 0 Å². The van der Waals surface area contributed by atoms with Crippen molar-refractivity contribution < 1.29 is 4.79 Å². The van der Waals surface area contributed by atoms with Gasteiger partial charge in [0.05, 0.1) is 12.2 Å². The first-order valence-electron chi connectivity index (χ1n) is 10.4. The Bertz CT molecular complexity index is 1070. The number of hydrogen-bond donors (Lipinski definition) is 1. The Kier molecular flexibility index (Phi) is 6.65. The molecule has 0 unspecified atom stereocenters. The predicted molar refractivity (Wildman–Crippen MR) is 123 cm³/mol. The molecule has 6 heteroatoms. The lowest BCUT2D eigenvalue weighted by Gasteiger charge is -2.33. The lowest BCUT2D eigenvalue weighted by molar-refractivity contribution is -0.122. The van der Waals surface area contributed by atoms with Gasteiger partial charge in [0.15, 0.2) is 5.43 Å². The molecule has 5 nitrogen and oxygen atoms in total. The number of pyridine rings is 1. The van der Waals surface area contributed by atoms with E-state index in [1.54, 1.807) is 6.07 Å². The number of hydrogen-bond acceptors (Lipinski definition) is 3. The number of amides is 1. The van der Waals surface area contributed by atoms with Gasteiger partial charge in [0.25, 0.3) is 0 Å². The van der Waals surface area contributed by atoms with Gasteiger partial charge in [-0.3, -0.25) is 14.5 Å². The summed E-state index contributed by atoms with van der Waals surface area (Å²) in [6.07, 6.45) is 5.06. The molecule has 1 N–H and O–H groups in total. The van der Waals surface area contributed by atoms with Crippen LogP contribution in [0.5, 0.6) is 0 Å². The minimum atomic E-state index is 0.0412. The van der Waals surface area contributed by atoms with Crippen molar-refractivity contribution in [2.75, 3.05) is 13.1 Å². The van der Waals surface area contributed by atoms with Crippen LogP contribution in [0.3, 0.4) is 0 Å². The van der Waals surface area contributed by atoms with Crippen molar-refractivity contribution in [2.45, 2.75) is 38.4 Å². The number of para-hydroxylation sites is 1. The van der Waals surface area contributed by atoms with Gasteiger partial charge in [-0.25, -0.2) is 0 Å². The van der Waals surface area contributed by atoms with Crippen LogP contribution in [-0.4, -0.2) is 34.5 Å². The Hall–Kier alpha value is -2.44. The van der Waals surface area contributed by atoms with Crippen molar-refractivity contribution in [3.8, 4) is 0 Å². The normalized spacial score (nSPS) is 15.4. The van der Waals surface area contributed by atoms with Gasteiger partial charge in [-0.15, -0.1) is 0 Å². The Morgan fingerprint density at radius 3 is 2.57 bits per heavy atom. The average Bonchev–Trinajstić information content (AvgIpc) is 2.76. The van der Waals surface area contributed by atoms with E-state index in [-0.39, 0.29) is 17.4 Å². The van der Waals surface area contributed by atoms with Crippen molar-refractivity contribution in [3.05, 3.63) is 81.1 Å². The summed E-state index contributed by atoms with van der Waals surface area (Å²) in [5.74, 6) is 0.132. The molecule has 3 aromatic rings. The quantitative estimate of drug-likeness (QED) is 0.597. The molecule has 4 rings (SSSR count). The molecule has 0 bridgehead atoms. The fourth-order valence-electron chi connectivity index (χ4n) is 4.08. The number of nitrogens with one attached hydrogen (secondary N) is 1. The summed E-state index contributed by atoms with van der Waals surface area (Å²) in [5.41, 5.74) is 2.17. The monoisotopic (exact) mass is 467 g/mol. The van der Waals surface area contributed by atoms with Crippen molar-refractivity contribution in [1.82, 2.24) is 14.8 Å². The van der Waals surface area contributed by atoms with E-state index >= 15 is 0 Å². The number of fused-ring (bicyclic) bond motifs is 1. The summed E-state index contributed by atoms with van der Waals surface area (Å²) in [4.78, 5) is 26.9. The van der Waals surface area contributed by atoms with E-state index < -0.39 is 0 Å². The van der Waals surface area contributed by atoms with E-state index in [0.717, 1.165) is 54.4 Å². The maximum absolute atomic E-state index is 12.3. The number of rotatable bonds is 6. The lowest BCUT2D eigenvalue weighted by Crippen LogP contribution is -2.45. The highest BCUT2D eigenvalue weighted by molar-refractivity contribution is 9.10. The van der Waals surface area contributed by atoms with Crippen LogP contribution >= 0.6 is 15.9 Å². The Morgan fingerprint density at radius 2 is 1.80 bits per heavy atom. The second-order valence-corrected chi connectivity index (χ2v) is 8.73. The number of nitrogens with zero attached hydrogens (tertiary/aromatic N) is 2. The maximum atomic E-state index is 12.3. The molecule has 1 saturated heterocycles. The molecule has 1 amide bonds. The van der Waals surface area contributed by atoms with E-state index in [9.17, 15) is 9.59 Å². The van der Waals surface area contributed by atoms with Gasteiger partial charge < -0.3 is 9.88 Å². The molecule has 1 aliphatic rings. The van der Waals surface area contributed by atoms with Gasteiger partial charge >= 0.3 is 0 Å². The van der Waals surface area contributed by atoms with Gasteiger partial charge in [0.2, 0.25) is 5.91 Å². The molecule has 30 heavy (non-hydrogen) atoms. The number of halogens is 1. The SMILES string of the molecule is O=C(CCc1ccccc1)NC1CCN(Cn2ccc(=O)c3cccc(Br)c32)CC1. The zero-order chi connectivity index (χ0) is 20.9. The van der Waals surface area contributed by atoms with Crippen LogP contribution in [0, 0.1) is 0 Å². The van der Waals surface area contributed by atoms with Crippen LogP contribution in [-0.2, 0) is 17.9 Å². The molecule has 2 aromatic carbocycles. The zero-order valence-corrected chi connectivity index (χ0v) is 18.5. The predicted octanol–water partition coefficient (Wildman–Crippen LogP) is 3.93. The van der Waals surface area contributed by atoms with Crippen molar-refractivity contribution in [2.24, 2.45) is 0 Å². The van der Waals surface area contributed by atoms with E-state index in [2.05, 4.69) is 42.8 Å². The van der Waals surface area contributed by atoms with Crippen molar-refractivity contribution in [1.29, 1.82) is 0 Å². The third-order valence-corrected chi connectivity index (χ3v) is 6.37. The third kappa shape index (κ3) is 4.99. The third-order valence-electron chi connectivity index (χ3n) is 5.73. The lowest BCUT2D eigenvalue weighted by atomic mass is 10.0. The maximum Gasteiger partial charge on any atom is 0.220 e. The van der Waals surface area contributed by atoms with Crippen LogP contribution < -0.4 is 10.7 Å². The van der Waals surface area contributed by atoms with Crippen LogP contribution in [0.15, 0.2) is 70.1 Å². The highest BCUT2D eigenvalue weighted by atomic mass is 79.9. The standard InChI is InChI=1S/C24H26BrN3O2/c25-21-8-4-7-20-22(29)13-16-28(24(20)21)17-27-14-11-19(12-15-27)26-23(30)10-9-18-5-2-1-3-6-18/h1-8,13,16,19H,9-12,14-15,17H2,(H,26,30). The minimum Gasteiger partial charge on any atom is -0.353 e. The number of carbonyl (C=O) groups is 1. The summed E-state index contributed by atoms with van der Waals surface area (Å²) < 4.78 is 3.05. The zero-order valence-electron chi connectivity index (χ0n) is 16.9. The first kappa shape index (κ1) is 20.8. The highest BCUT2D eigenvalue weighted by Gasteiger charge is 2.21. The largest absolute Gasteiger partial charge is 0.353 e. The molecule has 1 aromatic heterocycles. The van der Waals surface area contributed by atoms with Crippen molar-refractivity contribution in [3.63, 3.8) is 0 Å². The average molecular weight is 468 g/mol.